The van der Waals surface area contributed by atoms with Crippen molar-refractivity contribution in [2.75, 3.05) is 50.3 Å². The molecule has 0 aliphatic carbocycles. The highest BCUT2D eigenvalue weighted by molar-refractivity contribution is 8.14. The molecule has 0 spiro atoms. The van der Waals surface area contributed by atoms with E-state index in [4.69, 9.17) is 18.3 Å². The van der Waals surface area contributed by atoms with Crippen LogP contribution in [0.4, 0.5) is 14.6 Å². The summed E-state index contributed by atoms with van der Waals surface area (Å²) in [5.74, 6) is -2.27. The summed E-state index contributed by atoms with van der Waals surface area (Å²) in [4.78, 5) is 39.1. The average molecular weight is 712 g/mol. The van der Waals surface area contributed by atoms with Crippen molar-refractivity contribution in [3.8, 4) is 0 Å². The molecule has 1 fully saturated rings. The SMILES string of the molecule is Cc1nc(N(C)C)c2ncn([C@@H]3O[C@](F)(COP(=O)(OCCSC(=O)C(C)(C)C)OCCSC(=O)C(C)(C)C)[C@@H](O)[C@@]3(C)F)c2n1. The van der Waals surface area contributed by atoms with Gasteiger partial charge in [0.25, 0.3) is 5.85 Å². The number of imidazole rings is 1. The van der Waals surface area contributed by atoms with E-state index in [1.54, 1.807) is 67.5 Å². The summed E-state index contributed by atoms with van der Waals surface area (Å²) in [6, 6.07) is 0. The number of hydrogen-bond donors (Lipinski definition) is 1. The highest BCUT2D eigenvalue weighted by atomic mass is 32.2. The van der Waals surface area contributed by atoms with Crippen LogP contribution in [0.25, 0.3) is 11.2 Å². The van der Waals surface area contributed by atoms with Crippen LogP contribution in [0, 0.1) is 17.8 Å². The van der Waals surface area contributed by atoms with Gasteiger partial charge in [-0.2, -0.15) is 0 Å². The van der Waals surface area contributed by atoms with Crippen LogP contribution in [-0.2, 0) is 32.5 Å². The Labute approximate surface area is 276 Å². The molecule has 46 heavy (non-hydrogen) atoms. The van der Waals surface area contributed by atoms with Gasteiger partial charge in [-0.1, -0.05) is 65.1 Å². The molecular weight excluding hydrogens is 667 g/mol. The number of hydrogen-bond acceptors (Lipinski definition) is 14. The van der Waals surface area contributed by atoms with Crippen molar-refractivity contribution >= 4 is 58.6 Å². The van der Waals surface area contributed by atoms with Gasteiger partial charge in [-0.3, -0.25) is 27.7 Å². The first-order valence-corrected chi connectivity index (χ1v) is 18.0. The molecule has 1 aliphatic heterocycles. The molecule has 3 heterocycles. The van der Waals surface area contributed by atoms with Gasteiger partial charge in [-0.05, 0) is 13.8 Å². The number of carbonyl (C=O) groups is 2. The Morgan fingerprint density at radius 2 is 1.57 bits per heavy atom. The number of carbonyl (C=O) groups excluding carboxylic acids is 2. The number of aromatic nitrogens is 4. The predicted molar refractivity (Wildman–Crippen MR) is 173 cm³/mol. The maximum Gasteiger partial charge on any atom is 0.475 e. The number of phosphoric acid groups is 1. The number of nitrogens with zero attached hydrogens (tertiary/aromatic N) is 5. The van der Waals surface area contributed by atoms with E-state index in [-0.39, 0.29) is 40.6 Å². The Morgan fingerprint density at radius 1 is 1.04 bits per heavy atom. The minimum atomic E-state index is -4.58. The molecule has 4 atom stereocenters. The van der Waals surface area contributed by atoms with Gasteiger partial charge in [0.2, 0.25) is 0 Å². The number of aliphatic hydroxyl groups excluding tert-OH is 1. The number of alkyl halides is 2. The van der Waals surface area contributed by atoms with Gasteiger partial charge >= 0.3 is 7.82 Å². The van der Waals surface area contributed by atoms with Crippen molar-refractivity contribution in [2.45, 2.75) is 79.2 Å². The third-order valence-electron chi connectivity index (χ3n) is 6.70. The first-order valence-electron chi connectivity index (χ1n) is 14.5. The van der Waals surface area contributed by atoms with Crippen molar-refractivity contribution in [3.05, 3.63) is 12.2 Å². The molecule has 2 aromatic heterocycles. The number of thioether (sulfide) groups is 2. The van der Waals surface area contributed by atoms with Crippen LogP contribution in [0.3, 0.4) is 0 Å². The van der Waals surface area contributed by atoms with E-state index in [1.165, 1.54) is 6.33 Å². The summed E-state index contributed by atoms with van der Waals surface area (Å²) in [7, 11) is -1.10. The minimum absolute atomic E-state index is 0.0819. The van der Waals surface area contributed by atoms with E-state index in [0.717, 1.165) is 35.0 Å². The topological polar surface area (TPSA) is 155 Å². The maximum atomic E-state index is 16.3. The summed E-state index contributed by atoms with van der Waals surface area (Å²) in [5, 5.41) is 10.6. The fourth-order valence-corrected chi connectivity index (χ4v) is 7.14. The van der Waals surface area contributed by atoms with E-state index < -0.39 is 49.1 Å². The second-order valence-corrected chi connectivity index (χ2v) is 17.1. The van der Waals surface area contributed by atoms with Crippen LogP contribution in [0.5, 0.6) is 0 Å². The molecule has 3 rings (SSSR count). The average Bonchev–Trinajstić information content (AvgIpc) is 3.43. The Balaban J connectivity index is 1.79. The van der Waals surface area contributed by atoms with Crippen molar-refractivity contribution < 1.29 is 46.3 Å². The van der Waals surface area contributed by atoms with Gasteiger partial charge in [0.05, 0.1) is 19.5 Å². The fraction of sp³-hybridized carbons (Fsp3) is 0.750. The second kappa shape index (κ2) is 14.4. The molecule has 0 amide bonds. The lowest BCUT2D eigenvalue weighted by Crippen LogP contribution is -2.46. The predicted octanol–water partition coefficient (Wildman–Crippen LogP) is 5.25. The molecule has 0 unspecified atom stereocenters. The summed E-state index contributed by atoms with van der Waals surface area (Å²) < 4.78 is 68.6. The zero-order valence-corrected chi connectivity index (χ0v) is 30.4. The van der Waals surface area contributed by atoms with E-state index in [9.17, 15) is 19.3 Å². The largest absolute Gasteiger partial charge is 0.475 e. The molecule has 260 valence electrons. The first kappa shape index (κ1) is 38.7. The zero-order chi connectivity index (χ0) is 34.9. The number of halogens is 2. The number of ether oxygens (including phenoxy) is 1. The summed E-state index contributed by atoms with van der Waals surface area (Å²) in [6.07, 6.45) is -2.96. The molecule has 0 aromatic carbocycles. The fourth-order valence-electron chi connectivity index (χ4n) is 4.13. The number of fused-ring (bicyclic) bond motifs is 1. The molecule has 0 bridgehead atoms. The normalized spacial score (nSPS) is 24.1. The highest BCUT2D eigenvalue weighted by Crippen LogP contribution is 2.54. The van der Waals surface area contributed by atoms with E-state index in [0.29, 0.717) is 17.2 Å². The van der Waals surface area contributed by atoms with Gasteiger partial charge in [-0.25, -0.2) is 28.3 Å². The second-order valence-electron chi connectivity index (χ2n) is 13.3. The van der Waals surface area contributed by atoms with Crippen LogP contribution in [-0.4, -0.2) is 97.9 Å². The third-order valence-corrected chi connectivity index (χ3v) is 10.6. The van der Waals surface area contributed by atoms with E-state index in [2.05, 4.69) is 15.0 Å². The lowest BCUT2D eigenvalue weighted by molar-refractivity contribution is -0.204. The number of anilines is 1. The summed E-state index contributed by atoms with van der Waals surface area (Å²) in [5.41, 5.74) is -3.53. The van der Waals surface area contributed by atoms with Crippen LogP contribution in [0.2, 0.25) is 0 Å². The minimum Gasteiger partial charge on any atom is -0.384 e. The van der Waals surface area contributed by atoms with Crippen LogP contribution in [0.1, 0.15) is 60.5 Å². The molecule has 18 heteroatoms. The zero-order valence-electron chi connectivity index (χ0n) is 27.8. The molecule has 0 radical (unpaired) electrons. The summed E-state index contributed by atoms with van der Waals surface area (Å²) >= 11 is 1.90. The molecule has 1 N–H and O–H groups in total. The van der Waals surface area contributed by atoms with Crippen LogP contribution < -0.4 is 4.90 Å². The number of phosphoric ester groups is 1. The monoisotopic (exact) mass is 711 g/mol. The molecular formula is C28H44F2N5O8PS2. The molecule has 13 nitrogen and oxygen atoms in total. The number of aliphatic hydroxyl groups is 1. The van der Waals surface area contributed by atoms with Crippen molar-refractivity contribution in [1.29, 1.82) is 0 Å². The van der Waals surface area contributed by atoms with E-state index in [1.807, 2.05) is 0 Å². The van der Waals surface area contributed by atoms with Gasteiger partial charge < -0.3 is 14.7 Å². The molecule has 0 saturated carbocycles. The van der Waals surface area contributed by atoms with Crippen molar-refractivity contribution in [3.63, 3.8) is 0 Å². The standard InChI is InChI=1S/C28H44F2N5O8PS2/c1-17-32-19(34(9)10)18-20(33-17)35(16-31-18)22-27(8,29)21(36)28(30,43-22)15-42-44(39,40-11-13-45-23(37)25(2,3)4)41-12-14-46-24(38)26(5,6)7/h16,21-22,36H,11-15H2,1-10H3/t21-,22+,27+,28+/m0/s1. The smallest absolute Gasteiger partial charge is 0.384 e. The lowest BCUT2D eigenvalue weighted by atomic mass is 9.97. The van der Waals surface area contributed by atoms with Crippen molar-refractivity contribution in [1.82, 2.24) is 19.5 Å². The molecule has 2 aromatic rings. The molecule has 1 aliphatic rings. The quantitative estimate of drug-likeness (QED) is 0.212. The highest BCUT2D eigenvalue weighted by Gasteiger charge is 2.65. The van der Waals surface area contributed by atoms with Crippen molar-refractivity contribution in [2.24, 2.45) is 10.8 Å². The molecule has 1 saturated heterocycles. The Morgan fingerprint density at radius 3 is 2.04 bits per heavy atom. The van der Waals surface area contributed by atoms with Crippen LogP contribution in [0.15, 0.2) is 6.33 Å². The van der Waals surface area contributed by atoms with Crippen LogP contribution >= 0.6 is 31.3 Å². The maximum absolute atomic E-state index is 16.3. The lowest BCUT2D eigenvalue weighted by Gasteiger charge is -2.26. The first-order chi connectivity index (χ1) is 21.0. The summed E-state index contributed by atoms with van der Waals surface area (Å²) in [6.45, 7) is 11.3. The Hall–Kier alpha value is -1.72. The van der Waals surface area contributed by atoms with Gasteiger partial charge in [0.1, 0.15) is 12.4 Å². The van der Waals surface area contributed by atoms with Gasteiger partial charge in [0.15, 0.2) is 45.2 Å². The Kier molecular flexibility index (Phi) is 12.1. The number of rotatable bonds is 13. The van der Waals surface area contributed by atoms with E-state index >= 15 is 8.78 Å². The number of aryl methyl sites for hydroxylation is 1. The van der Waals surface area contributed by atoms with Gasteiger partial charge in [-0.15, -0.1) is 0 Å². The Bertz CT molecular complexity index is 1430. The third kappa shape index (κ3) is 9.04. The van der Waals surface area contributed by atoms with Gasteiger partial charge in [0, 0.05) is 36.4 Å².